The van der Waals surface area contributed by atoms with Crippen molar-refractivity contribution in [2.75, 3.05) is 40.2 Å². The summed E-state index contributed by atoms with van der Waals surface area (Å²) < 4.78 is 10.7. The number of amides is 1. The van der Waals surface area contributed by atoms with Gasteiger partial charge in [-0.25, -0.2) is 0 Å². The lowest BCUT2D eigenvalue weighted by molar-refractivity contribution is -0.135. The number of nitrogens with zero attached hydrogens (tertiary/aromatic N) is 1. The van der Waals surface area contributed by atoms with E-state index in [0.717, 1.165) is 22.8 Å². The third kappa shape index (κ3) is 4.12. The number of carbonyl (C=O) groups is 1. The van der Waals surface area contributed by atoms with Gasteiger partial charge >= 0.3 is 0 Å². The average molecular weight is 310 g/mol. The Kier molecular flexibility index (Phi) is 5.90. The fourth-order valence-electron chi connectivity index (χ4n) is 2.32. The molecule has 6 heteroatoms. The third-order valence-electron chi connectivity index (χ3n) is 3.46. The van der Waals surface area contributed by atoms with Gasteiger partial charge in [0.25, 0.3) is 0 Å². The molecule has 1 aliphatic rings. The number of hydrogen-bond acceptors (Lipinski definition) is 5. The second kappa shape index (κ2) is 7.68. The highest BCUT2D eigenvalue weighted by atomic mass is 32.2. The van der Waals surface area contributed by atoms with Crippen LogP contribution in [0, 0.1) is 0 Å². The van der Waals surface area contributed by atoms with Crippen LogP contribution in [0.25, 0.3) is 0 Å². The summed E-state index contributed by atoms with van der Waals surface area (Å²) in [5.74, 6) is 0.905. The van der Waals surface area contributed by atoms with Gasteiger partial charge in [-0.2, -0.15) is 0 Å². The molecule has 1 heterocycles. The van der Waals surface area contributed by atoms with Crippen molar-refractivity contribution in [3.8, 4) is 5.75 Å². The monoisotopic (exact) mass is 310 g/mol. The summed E-state index contributed by atoms with van der Waals surface area (Å²) in [5, 5.41) is 3.18. The molecule has 0 saturated carbocycles. The molecule has 0 radical (unpaired) electrons. The number of methoxy groups -OCH3 is 1. The lowest BCUT2D eigenvalue weighted by atomic mass is 10.2. The Morgan fingerprint density at radius 3 is 3.00 bits per heavy atom. The van der Waals surface area contributed by atoms with E-state index in [9.17, 15) is 4.79 Å². The zero-order valence-corrected chi connectivity index (χ0v) is 13.5. The summed E-state index contributed by atoms with van der Waals surface area (Å²) in [6, 6.07) is 5.80. The van der Waals surface area contributed by atoms with Crippen molar-refractivity contribution in [1.82, 2.24) is 10.2 Å². The van der Waals surface area contributed by atoms with Crippen molar-refractivity contribution < 1.29 is 14.3 Å². The molecule has 2 rings (SSSR count). The highest BCUT2D eigenvalue weighted by molar-refractivity contribution is 7.98. The zero-order valence-electron chi connectivity index (χ0n) is 12.7. The Morgan fingerprint density at radius 1 is 1.57 bits per heavy atom. The number of nitrogens with one attached hydrogen (secondary N) is 1. The number of hydrogen-bond donors (Lipinski definition) is 1. The Hall–Kier alpha value is -1.24. The maximum Gasteiger partial charge on any atom is 0.242 e. The fraction of sp³-hybridized carbons (Fsp3) is 0.533. The molecule has 0 aromatic heterocycles. The molecule has 21 heavy (non-hydrogen) atoms. The fourth-order valence-corrected chi connectivity index (χ4v) is 2.87. The minimum atomic E-state index is -0.240. The molecule has 1 aromatic carbocycles. The Labute approximate surface area is 130 Å². The van der Waals surface area contributed by atoms with Gasteiger partial charge in [0.1, 0.15) is 11.8 Å². The number of likely N-dealkylation sites (N-methyl/N-ethyl adjacent to an activating group) is 1. The van der Waals surface area contributed by atoms with Crippen molar-refractivity contribution in [3.05, 3.63) is 23.8 Å². The average Bonchev–Trinajstić information content (AvgIpc) is 2.54. The number of morpholine rings is 1. The van der Waals surface area contributed by atoms with Crippen LogP contribution in [0.1, 0.15) is 5.56 Å². The second-order valence-electron chi connectivity index (χ2n) is 4.97. The van der Waals surface area contributed by atoms with E-state index in [2.05, 4.69) is 5.32 Å². The molecule has 1 unspecified atom stereocenters. The first-order valence-electron chi connectivity index (χ1n) is 6.92. The minimum Gasteiger partial charge on any atom is -0.496 e. The van der Waals surface area contributed by atoms with Gasteiger partial charge in [0.15, 0.2) is 0 Å². The Morgan fingerprint density at radius 2 is 2.38 bits per heavy atom. The quantitative estimate of drug-likeness (QED) is 0.832. The zero-order chi connectivity index (χ0) is 15.2. The number of ether oxygens (including phenoxy) is 2. The summed E-state index contributed by atoms with van der Waals surface area (Å²) >= 11 is 1.64. The van der Waals surface area contributed by atoms with Crippen LogP contribution in [0.3, 0.4) is 0 Å². The molecule has 1 atom stereocenters. The summed E-state index contributed by atoms with van der Waals surface area (Å²) in [6.07, 6.45) is 2.02. The lowest BCUT2D eigenvalue weighted by Gasteiger charge is -2.27. The molecule has 1 saturated heterocycles. The Balaban J connectivity index is 2.01. The van der Waals surface area contributed by atoms with E-state index >= 15 is 0 Å². The molecule has 0 bridgehead atoms. The topological polar surface area (TPSA) is 50.8 Å². The van der Waals surface area contributed by atoms with Gasteiger partial charge < -0.3 is 19.7 Å². The van der Waals surface area contributed by atoms with E-state index in [1.807, 2.05) is 31.5 Å². The Bertz CT molecular complexity index is 490. The third-order valence-corrected chi connectivity index (χ3v) is 4.24. The normalized spacial score (nSPS) is 18.3. The smallest absolute Gasteiger partial charge is 0.242 e. The number of thioether (sulfide) groups is 1. The van der Waals surface area contributed by atoms with Crippen LogP contribution in [-0.2, 0) is 16.1 Å². The first-order chi connectivity index (χ1) is 10.2. The van der Waals surface area contributed by atoms with Crippen molar-refractivity contribution in [3.63, 3.8) is 0 Å². The molecular weight excluding hydrogens is 288 g/mol. The van der Waals surface area contributed by atoms with Crippen molar-refractivity contribution in [1.29, 1.82) is 0 Å². The van der Waals surface area contributed by atoms with Gasteiger partial charge in [0.05, 0.1) is 20.3 Å². The standard InChI is InChI=1S/C15H22N2O3S/c1-17(15(18)12-10-20-7-6-16-12)9-11-4-5-14(21-3)13(8-11)19-2/h4-5,8,12,16H,6-7,9-10H2,1-3H3. The molecule has 0 aliphatic carbocycles. The minimum absolute atomic E-state index is 0.0580. The lowest BCUT2D eigenvalue weighted by Crippen LogP contribution is -2.51. The van der Waals surface area contributed by atoms with Crippen molar-refractivity contribution in [2.24, 2.45) is 0 Å². The molecule has 116 valence electrons. The van der Waals surface area contributed by atoms with Crippen LogP contribution < -0.4 is 10.1 Å². The molecule has 0 spiro atoms. The predicted molar refractivity (Wildman–Crippen MR) is 83.9 cm³/mol. The largest absolute Gasteiger partial charge is 0.496 e. The van der Waals surface area contributed by atoms with E-state index in [0.29, 0.717) is 19.8 Å². The van der Waals surface area contributed by atoms with Crippen molar-refractivity contribution in [2.45, 2.75) is 17.5 Å². The number of rotatable bonds is 5. The van der Waals surface area contributed by atoms with E-state index in [4.69, 9.17) is 9.47 Å². The molecule has 1 aliphatic heterocycles. The first-order valence-corrected chi connectivity index (χ1v) is 8.15. The number of benzene rings is 1. The summed E-state index contributed by atoms with van der Waals surface area (Å²) in [7, 11) is 3.48. The van der Waals surface area contributed by atoms with E-state index in [1.54, 1.807) is 23.8 Å². The first kappa shape index (κ1) is 16.1. The second-order valence-corrected chi connectivity index (χ2v) is 5.81. The summed E-state index contributed by atoms with van der Waals surface area (Å²) in [4.78, 5) is 15.1. The van der Waals surface area contributed by atoms with Crippen LogP contribution in [0.5, 0.6) is 5.75 Å². The molecule has 1 fully saturated rings. The van der Waals surface area contributed by atoms with E-state index in [-0.39, 0.29) is 11.9 Å². The van der Waals surface area contributed by atoms with Gasteiger partial charge in [-0.3, -0.25) is 4.79 Å². The molecule has 5 nitrogen and oxygen atoms in total. The van der Waals surface area contributed by atoms with Gasteiger partial charge in [0.2, 0.25) is 5.91 Å². The van der Waals surface area contributed by atoms with Crippen LogP contribution in [0.2, 0.25) is 0 Å². The van der Waals surface area contributed by atoms with Gasteiger partial charge in [0, 0.05) is 25.0 Å². The van der Waals surface area contributed by atoms with E-state index < -0.39 is 0 Å². The maximum absolute atomic E-state index is 12.3. The summed E-state index contributed by atoms with van der Waals surface area (Å²) in [5.41, 5.74) is 1.05. The van der Waals surface area contributed by atoms with Crippen molar-refractivity contribution >= 4 is 17.7 Å². The molecule has 1 N–H and O–H groups in total. The highest BCUT2D eigenvalue weighted by Crippen LogP contribution is 2.28. The van der Waals surface area contributed by atoms with Gasteiger partial charge in [-0.05, 0) is 24.0 Å². The van der Waals surface area contributed by atoms with Crippen LogP contribution in [0.15, 0.2) is 23.1 Å². The maximum atomic E-state index is 12.3. The van der Waals surface area contributed by atoms with Crippen LogP contribution in [-0.4, -0.2) is 57.0 Å². The molecule has 1 amide bonds. The van der Waals surface area contributed by atoms with Crippen LogP contribution in [0.4, 0.5) is 0 Å². The van der Waals surface area contributed by atoms with Gasteiger partial charge in [-0.1, -0.05) is 6.07 Å². The van der Waals surface area contributed by atoms with Gasteiger partial charge in [-0.15, -0.1) is 11.8 Å². The SMILES string of the molecule is COc1cc(CN(C)C(=O)C2COCCN2)ccc1SC. The highest BCUT2D eigenvalue weighted by Gasteiger charge is 2.24. The summed E-state index contributed by atoms with van der Waals surface area (Å²) in [6.45, 7) is 2.39. The molecule has 1 aromatic rings. The number of carbonyl (C=O) groups excluding carboxylic acids is 1. The van der Waals surface area contributed by atoms with Crippen LogP contribution >= 0.6 is 11.8 Å². The predicted octanol–water partition coefficient (Wildman–Crippen LogP) is 1.36. The van der Waals surface area contributed by atoms with E-state index in [1.165, 1.54) is 0 Å². The molecular formula is C15H22N2O3S.